The average molecular weight is 285 g/mol. The highest BCUT2D eigenvalue weighted by Gasteiger charge is 2.17. The SMILES string of the molecule is NNC(c1ccc2cccnc2c1)c1ncccc1Cl. The second kappa shape index (κ2) is 5.54. The Balaban J connectivity index is 2.10. The van der Waals surface area contributed by atoms with Crippen LogP contribution in [0.25, 0.3) is 10.9 Å². The van der Waals surface area contributed by atoms with Crippen LogP contribution in [0.5, 0.6) is 0 Å². The van der Waals surface area contributed by atoms with Crippen molar-refractivity contribution in [2.45, 2.75) is 6.04 Å². The van der Waals surface area contributed by atoms with Gasteiger partial charge in [-0.2, -0.15) is 0 Å². The van der Waals surface area contributed by atoms with Gasteiger partial charge in [-0.05, 0) is 29.8 Å². The van der Waals surface area contributed by atoms with Crippen molar-refractivity contribution in [1.29, 1.82) is 0 Å². The van der Waals surface area contributed by atoms with Crippen LogP contribution >= 0.6 is 11.6 Å². The number of benzene rings is 1. The van der Waals surface area contributed by atoms with Gasteiger partial charge in [0.2, 0.25) is 0 Å². The lowest BCUT2D eigenvalue weighted by atomic mass is 10.0. The summed E-state index contributed by atoms with van der Waals surface area (Å²) in [4.78, 5) is 8.66. The van der Waals surface area contributed by atoms with E-state index in [2.05, 4.69) is 15.4 Å². The lowest BCUT2D eigenvalue weighted by molar-refractivity contribution is 0.621. The molecule has 4 nitrogen and oxygen atoms in total. The van der Waals surface area contributed by atoms with E-state index in [9.17, 15) is 0 Å². The molecule has 0 saturated carbocycles. The first-order valence-corrected chi connectivity index (χ1v) is 6.58. The topological polar surface area (TPSA) is 63.8 Å². The summed E-state index contributed by atoms with van der Waals surface area (Å²) in [6.07, 6.45) is 3.47. The minimum atomic E-state index is -0.268. The summed E-state index contributed by atoms with van der Waals surface area (Å²) in [6.45, 7) is 0. The monoisotopic (exact) mass is 284 g/mol. The fourth-order valence-electron chi connectivity index (χ4n) is 2.21. The maximum atomic E-state index is 6.19. The molecule has 1 unspecified atom stereocenters. The molecule has 0 radical (unpaired) electrons. The molecule has 3 N–H and O–H groups in total. The summed E-state index contributed by atoms with van der Waals surface area (Å²) in [7, 11) is 0. The van der Waals surface area contributed by atoms with E-state index in [1.54, 1.807) is 24.5 Å². The Morgan fingerprint density at radius 2 is 1.85 bits per heavy atom. The normalized spacial score (nSPS) is 12.5. The molecule has 100 valence electrons. The van der Waals surface area contributed by atoms with Crippen molar-refractivity contribution in [3.05, 3.63) is 71.1 Å². The van der Waals surface area contributed by atoms with Crippen molar-refractivity contribution in [2.75, 3.05) is 0 Å². The van der Waals surface area contributed by atoms with Gasteiger partial charge in [-0.15, -0.1) is 0 Å². The van der Waals surface area contributed by atoms with Crippen LogP contribution < -0.4 is 11.3 Å². The average Bonchev–Trinajstić information content (AvgIpc) is 2.50. The number of hydrogen-bond donors (Lipinski definition) is 2. The van der Waals surface area contributed by atoms with Gasteiger partial charge in [0, 0.05) is 17.8 Å². The Morgan fingerprint density at radius 1 is 1.05 bits per heavy atom. The molecule has 2 aromatic heterocycles. The second-order valence-corrected chi connectivity index (χ2v) is 4.83. The van der Waals surface area contributed by atoms with E-state index in [1.165, 1.54) is 0 Å². The van der Waals surface area contributed by atoms with Gasteiger partial charge < -0.3 is 0 Å². The number of rotatable bonds is 3. The van der Waals surface area contributed by atoms with Gasteiger partial charge in [0.1, 0.15) is 0 Å². The first-order valence-electron chi connectivity index (χ1n) is 6.21. The molecule has 0 spiro atoms. The van der Waals surface area contributed by atoms with Gasteiger partial charge in [0.15, 0.2) is 0 Å². The summed E-state index contributed by atoms with van der Waals surface area (Å²) in [5.41, 5.74) is 5.35. The minimum absolute atomic E-state index is 0.268. The molecule has 3 aromatic rings. The summed E-state index contributed by atoms with van der Waals surface area (Å²) in [6, 6.07) is 13.3. The van der Waals surface area contributed by atoms with Crippen molar-refractivity contribution < 1.29 is 0 Å². The van der Waals surface area contributed by atoms with Gasteiger partial charge in [-0.1, -0.05) is 29.8 Å². The van der Waals surface area contributed by atoms with Gasteiger partial charge in [0.25, 0.3) is 0 Å². The molecular weight excluding hydrogens is 272 g/mol. The zero-order chi connectivity index (χ0) is 13.9. The summed E-state index contributed by atoms with van der Waals surface area (Å²) >= 11 is 6.19. The van der Waals surface area contributed by atoms with E-state index in [-0.39, 0.29) is 6.04 Å². The molecule has 0 aliphatic heterocycles. The lowest BCUT2D eigenvalue weighted by Crippen LogP contribution is -2.29. The maximum absolute atomic E-state index is 6.19. The van der Waals surface area contributed by atoms with E-state index in [4.69, 9.17) is 17.4 Å². The predicted molar refractivity (Wildman–Crippen MR) is 80.2 cm³/mol. The predicted octanol–water partition coefficient (Wildman–Crippen LogP) is 2.84. The lowest BCUT2D eigenvalue weighted by Gasteiger charge is -2.17. The molecule has 1 atom stereocenters. The number of hydrogen-bond acceptors (Lipinski definition) is 4. The highest BCUT2D eigenvalue weighted by molar-refractivity contribution is 6.31. The first-order chi connectivity index (χ1) is 9.79. The van der Waals surface area contributed by atoms with E-state index in [1.807, 2.05) is 30.3 Å². The molecule has 1 aromatic carbocycles. The highest BCUT2D eigenvalue weighted by Crippen LogP contribution is 2.27. The number of pyridine rings is 2. The molecule has 0 aliphatic carbocycles. The van der Waals surface area contributed by atoms with Crippen molar-refractivity contribution in [3.63, 3.8) is 0 Å². The third-order valence-corrected chi connectivity index (χ3v) is 3.51. The minimum Gasteiger partial charge on any atom is -0.271 e. The number of nitrogens with two attached hydrogens (primary N) is 1. The molecule has 0 saturated heterocycles. The summed E-state index contributed by atoms with van der Waals surface area (Å²) in [5.74, 6) is 5.68. The molecule has 3 rings (SSSR count). The molecular formula is C15H13ClN4. The van der Waals surface area contributed by atoms with Crippen LogP contribution in [0.2, 0.25) is 5.02 Å². The molecule has 0 fully saturated rings. The third-order valence-electron chi connectivity index (χ3n) is 3.19. The standard InChI is InChI=1S/C15H13ClN4/c16-12-4-2-8-19-15(12)14(20-17)11-6-5-10-3-1-7-18-13(10)9-11/h1-9,14,20H,17H2. The number of nitrogens with zero attached hydrogens (tertiary/aromatic N) is 2. The van der Waals surface area contributed by atoms with E-state index in [0.717, 1.165) is 16.5 Å². The van der Waals surface area contributed by atoms with Gasteiger partial charge >= 0.3 is 0 Å². The number of halogens is 1. The Hall–Kier alpha value is -2.01. The number of aromatic nitrogens is 2. The fraction of sp³-hybridized carbons (Fsp3) is 0.0667. The maximum Gasteiger partial charge on any atom is 0.0897 e. The summed E-state index contributed by atoms with van der Waals surface area (Å²) in [5, 5.41) is 1.66. The van der Waals surface area contributed by atoms with Crippen molar-refractivity contribution in [2.24, 2.45) is 5.84 Å². The van der Waals surface area contributed by atoms with Crippen LogP contribution in [0.4, 0.5) is 0 Å². The largest absolute Gasteiger partial charge is 0.271 e. The molecule has 0 bridgehead atoms. The second-order valence-electron chi connectivity index (χ2n) is 4.43. The van der Waals surface area contributed by atoms with Crippen LogP contribution in [0.3, 0.4) is 0 Å². The molecule has 2 heterocycles. The van der Waals surface area contributed by atoms with Gasteiger partial charge in [-0.25, -0.2) is 5.43 Å². The summed E-state index contributed by atoms with van der Waals surface area (Å²) < 4.78 is 0. The van der Waals surface area contributed by atoms with Crippen molar-refractivity contribution in [1.82, 2.24) is 15.4 Å². The van der Waals surface area contributed by atoms with E-state index in [0.29, 0.717) is 10.7 Å². The molecule has 0 aliphatic rings. The Morgan fingerprint density at radius 3 is 2.65 bits per heavy atom. The first kappa shape index (κ1) is 13.0. The quantitative estimate of drug-likeness (QED) is 0.573. The Labute approximate surface area is 121 Å². The number of hydrazine groups is 1. The number of fused-ring (bicyclic) bond motifs is 1. The van der Waals surface area contributed by atoms with Crippen LogP contribution in [0, 0.1) is 0 Å². The molecule has 20 heavy (non-hydrogen) atoms. The van der Waals surface area contributed by atoms with Gasteiger partial charge in [-0.3, -0.25) is 15.8 Å². The van der Waals surface area contributed by atoms with Crippen molar-refractivity contribution in [3.8, 4) is 0 Å². The van der Waals surface area contributed by atoms with Crippen LogP contribution in [0.1, 0.15) is 17.3 Å². The molecule has 5 heteroatoms. The highest BCUT2D eigenvalue weighted by atomic mass is 35.5. The zero-order valence-corrected chi connectivity index (χ0v) is 11.4. The van der Waals surface area contributed by atoms with Gasteiger partial charge in [0.05, 0.1) is 22.3 Å². The van der Waals surface area contributed by atoms with E-state index < -0.39 is 0 Å². The van der Waals surface area contributed by atoms with E-state index >= 15 is 0 Å². The van der Waals surface area contributed by atoms with Crippen LogP contribution in [0.15, 0.2) is 54.9 Å². The number of nitrogens with one attached hydrogen (secondary N) is 1. The smallest absolute Gasteiger partial charge is 0.0897 e. The van der Waals surface area contributed by atoms with Crippen LogP contribution in [-0.4, -0.2) is 9.97 Å². The zero-order valence-electron chi connectivity index (χ0n) is 10.6. The Bertz CT molecular complexity index is 745. The van der Waals surface area contributed by atoms with Crippen LogP contribution in [-0.2, 0) is 0 Å². The Kier molecular flexibility index (Phi) is 3.60. The third kappa shape index (κ3) is 2.36. The fourth-order valence-corrected chi connectivity index (χ4v) is 2.44. The van der Waals surface area contributed by atoms with Crippen molar-refractivity contribution >= 4 is 22.5 Å². The molecule has 0 amide bonds.